The molecule has 0 bridgehead atoms. The monoisotopic (exact) mass is 557 g/mol. The number of amides is 2. The van der Waals surface area contributed by atoms with Gasteiger partial charge in [-0.1, -0.05) is 73.9 Å². The van der Waals surface area contributed by atoms with Gasteiger partial charge in [0.15, 0.2) is 0 Å². The normalized spacial score (nSPS) is 20.6. The molecule has 7 heteroatoms. The van der Waals surface area contributed by atoms with Gasteiger partial charge in [-0.05, 0) is 66.1 Å². The molecule has 1 saturated heterocycles. The first-order valence-electron chi connectivity index (χ1n) is 14.8. The zero-order valence-electron chi connectivity index (χ0n) is 24.3. The van der Waals surface area contributed by atoms with Gasteiger partial charge in [-0.25, -0.2) is 9.80 Å². The third kappa shape index (κ3) is 7.40. The van der Waals surface area contributed by atoms with Gasteiger partial charge in [0.2, 0.25) is 0 Å². The van der Waals surface area contributed by atoms with E-state index in [1.165, 1.54) is 32.1 Å². The lowest BCUT2D eigenvalue weighted by atomic mass is 9.89. The number of methoxy groups -OCH3 is 2. The Morgan fingerprint density at radius 1 is 0.756 bits per heavy atom. The summed E-state index contributed by atoms with van der Waals surface area (Å²) >= 11 is 0. The molecule has 218 valence electrons. The standard InChI is InChI=1S/C34H43N3O4/c1-40-30-17-13-28(14-18-30)23-36-32(21-26-9-5-3-6-10-26)33(38)25-35(22-27-11-7-4-8-12-27)37(34(36)39)24-29-15-19-31(41-2)20-16-29/h3,5-6,9-10,13-20,27,32-33,38H,4,7-8,11-12,21-25H2,1-2H3/t32-,33+/m0/s1. The first-order chi connectivity index (χ1) is 20.0. The summed E-state index contributed by atoms with van der Waals surface area (Å²) in [5, 5.41) is 15.8. The molecule has 1 aliphatic heterocycles. The predicted molar refractivity (Wildman–Crippen MR) is 161 cm³/mol. The van der Waals surface area contributed by atoms with Crippen molar-refractivity contribution in [2.75, 3.05) is 27.3 Å². The minimum Gasteiger partial charge on any atom is -0.497 e. The summed E-state index contributed by atoms with van der Waals surface area (Å²) in [6, 6.07) is 25.5. The Hall–Kier alpha value is -3.55. The average molecular weight is 558 g/mol. The largest absolute Gasteiger partial charge is 0.497 e. The van der Waals surface area contributed by atoms with Crippen LogP contribution in [0.1, 0.15) is 48.8 Å². The molecule has 2 aliphatic rings. The van der Waals surface area contributed by atoms with Crippen LogP contribution in [0.4, 0.5) is 4.79 Å². The van der Waals surface area contributed by atoms with Crippen LogP contribution in [0, 0.1) is 5.92 Å². The van der Waals surface area contributed by atoms with E-state index in [1.54, 1.807) is 14.2 Å². The number of carbonyl (C=O) groups excluding carboxylic acids is 1. The van der Waals surface area contributed by atoms with E-state index in [2.05, 4.69) is 17.1 Å². The fraction of sp³-hybridized carbons (Fsp3) is 0.441. The van der Waals surface area contributed by atoms with E-state index in [1.807, 2.05) is 76.6 Å². The Labute approximate surface area is 244 Å². The summed E-state index contributed by atoms with van der Waals surface area (Å²) in [4.78, 5) is 16.5. The van der Waals surface area contributed by atoms with Gasteiger partial charge in [0.05, 0.1) is 32.9 Å². The summed E-state index contributed by atoms with van der Waals surface area (Å²) < 4.78 is 10.7. The molecule has 0 radical (unpaired) electrons. The average Bonchev–Trinajstić information content (AvgIpc) is 3.10. The number of hydrogen-bond acceptors (Lipinski definition) is 5. The third-order valence-electron chi connectivity index (χ3n) is 8.53. The number of hydrogen-bond donors (Lipinski definition) is 1. The van der Waals surface area contributed by atoms with Crippen molar-refractivity contribution in [3.63, 3.8) is 0 Å². The van der Waals surface area contributed by atoms with Gasteiger partial charge in [0.25, 0.3) is 0 Å². The van der Waals surface area contributed by atoms with Crippen molar-refractivity contribution in [2.24, 2.45) is 5.92 Å². The molecule has 3 aromatic rings. The molecule has 1 N–H and O–H groups in total. The third-order valence-corrected chi connectivity index (χ3v) is 8.53. The van der Waals surface area contributed by atoms with Gasteiger partial charge in [-0.2, -0.15) is 0 Å². The highest BCUT2D eigenvalue weighted by Crippen LogP contribution is 2.30. The molecule has 1 saturated carbocycles. The van der Waals surface area contributed by atoms with E-state index in [-0.39, 0.29) is 12.1 Å². The molecule has 3 aromatic carbocycles. The fourth-order valence-corrected chi connectivity index (χ4v) is 6.18. The van der Waals surface area contributed by atoms with Crippen LogP contribution in [0.2, 0.25) is 0 Å². The molecular weight excluding hydrogens is 514 g/mol. The Morgan fingerprint density at radius 2 is 1.34 bits per heavy atom. The van der Waals surface area contributed by atoms with Gasteiger partial charge >= 0.3 is 6.03 Å². The quantitative estimate of drug-likeness (QED) is 0.336. The number of ether oxygens (including phenoxy) is 2. The maximum Gasteiger partial charge on any atom is 0.335 e. The van der Waals surface area contributed by atoms with Crippen LogP contribution in [0.3, 0.4) is 0 Å². The lowest BCUT2D eigenvalue weighted by Crippen LogP contribution is -2.52. The van der Waals surface area contributed by atoms with Gasteiger partial charge in [-0.3, -0.25) is 5.01 Å². The molecular formula is C34H43N3O4. The number of aliphatic hydroxyl groups excluding tert-OH is 1. The van der Waals surface area contributed by atoms with Crippen molar-refractivity contribution in [1.29, 1.82) is 0 Å². The minimum atomic E-state index is -0.707. The molecule has 0 unspecified atom stereocenters. The summed E-state index contributed by atoms with van der Waals surface area (Å²) in [7, 11) is 3.31. The number of β-amino-alcohol motifs (C(OH)–C–C–N with tert-alkyl or cyclic N) is 1. The zero-order valence-corrected chi connectivity index (χ0v) is 24.3. The van der Waals surface area contributed by atoms with E-state index in [0.29, 0.717) is 32.0 Å². The Bertz CT molecular complexity index is 1230. The van der Waals surface area contributed by atoms with Gasteiger partial charge < -0.3 is 19.5 Å². The summed E-state index contributed by atoms with van der Waals surface area (Å²) in [6.07, 6.45) is 5.95. The number of urea groups is 1. The first kappa shape index (κ1) is 29.0. The highest BCUT2D eigenvalue weighted by atomic mass is 16.5. The van der Waals surface area contributed by atoms with Crippen LogP contribution >= 0.6 is 0 Å². The van der Waals surface area contributed by atoms with Crippen LogP contribution < -0.4 is 9.47 Å². The highest BCUT2D eigenvalue weighted by Gasteiger charge is 2.40. The van der Waals surface area contributed by atoms with E-state index in [0.717, 1.165) is 34.7 Å². The predicted octanol–water partition coefficient (Wildman–Crippen LogP) is 5.91. The molecule has 0 aromatic heterocycles. The molecule has 7 nitrogen and oxygen atoms in total. The fourth-order valence-electron chi connectivity index (χ4n) is 6.18. The van der Waals surface area contributed by atoms with Gasteiger partial charge in [-0.15, -0.1) is 0 Å². The molecule has 0 spiro atoms. The van der Waals surface area contributed by atoms with Gasteiger partial charge in [0, 0.05) is 19.6 Å². The SMILES string of the molecule is COc1ccc(CN2C(=O)N(Cc3ccc(OC)cc3)N(CC3CCCCC3)C[C@@H](O)[C@@H]2Cc2ccccc2)cc1. The Balaban J connectivity index is 1.50. The molecule has 41 heavy (non-hydrogen) atoms. The smallest absolute Gasteiger partial charge is 0.335 e. The molecule has 1 aliphatic carbocycles. The van der Waals surface area contributed by atoms with Crippen molar-refractivity contribution < 1.29 is 19.4 Å². The van der Waals surface area contributed by atoms with E-state index in [9.17, 15) is 9.90 Å². The number of nitrogens with zero attached hydrogens (tertiary/aromatic N) is 3. The lowest BCUT2D eigenvalue weighted by Gasteiger charge is -2.38. The minimum absolute atomic E-state index is 0.0788. The van der Waals surface area contributed by atoms with Crippen molar-refractivity contribution in [2.45, 2.75) is 63.8 Å². The summed E-state index contributed by atoms with van der Waals surface area (Å²) in [6.45, 7) is 2.01. The van der Waals surface area contributed by atoms with Crippen molar-refractivity contribution >= 4 is 6.03 Å². The van der Waals surface area contributed by atoms with Crippen LogP contribution in [0.25, 0.3) is 0 Å². The molecule has 5 rings (SSSR count). The van der Waals surface area contributed by atoms with Crippen LogP contribution in [-0.4, -0.2) is 65.5 Å². The van der Waals surface area contributed by atoms with Crippen molar-refractivity contribution in [3.05, 3.63) is 95.6 Å². The van der Waals surface area contributed by atoms with Crippen LogP contribution in [0.5, 0.6) is 11.5 Å². The molecule has 2 fully saturated rings. The molecule has 2 amide bonds. The van der Waals surface area contributed by atoms with E-state index in [4.69, 9.17) is 9.47 Å². The molecule has 2 atom stereocenters. The van der Waals surface area contributed by atoms with Crippen LogP contribution in [-0.2, 0) is 19.5 Å². The topological polar surface area (TPSA) is 65.5 Å². The summed E-state index contributed by atoms with van der Waals surface area (Å²) in [5.74, 6) is 2.08. The number of carbonyl (C=O) groups is 1. The molecule has 1 heterocycles. The highest BCUT2D eigenvalue weighted by molar-refractivity contribution is 5.75. The maximum atomic E-state index is 14.6. The maximum absolute atomic E-state index is 14.6. The van der Waals surface area contributed by atoms with Crippen molar-refractivity contribution in [3.8, 4) is 11.5 Å². The second-order valence-corrected chi connectivity index (χ2v) is 11.4. The first-order valence-corrected chi connectivity index (χ1v) is 14.8. The Kier molecular flexibility index (Phi) is 9.80. The Morgan fingerprint density at radius 3 is 1.93 bits per heavy atom. The van der Waals surface area contributed by atoms with E-state index < -0.39 is 6.10 Å². The lowest BCUT2D eigenvalue weighted by molar-refractivity contribution is -0.0287. The van der Waals surface area contributed by atoms with Crippen LogP contribution in [0.15, 0.2) is 78.9 Å². The number of aliphatic hydroxyl groups is 1. The van der Waals surface area contributed by atoms with Gasteiger partial charge in [0.1, 0.15) is 11.5 Å². The number of rotatable bonds is 10. The van der Waals surface area contributed by atoms with E-state index >= 15 is 0 Å². The number of hydrazine groups is 1. The second kappa shape index (κ2) is 13.9. The van der Waals surface area contributed by atoms with Crippen molar-refractivity contribution in [1.82, 2.24) is 14.9 Å². The zero-order chi connectivity index (χ0) is 28.6. The summed E-state index contributed by atoms with van der Waals surface area (Å²) in [5.41, 5.74) is 3.12. The number of benzene rings is 3. The second-order valence-electron chi connectivity index (χ2n) is 11.4.